The van der Waals surface area contributed by atoms with Crippen molar-refractivity contribution in [2.24, 2.45) is 0 Å². The first-order valence-corrected chi connectivity index (χ1v) is 14.4. The molecule has 0 radical (unpaired) electrons. The van der Waals surface area contributed by atoms with E-state index in [9.17, 15) is 36.6 Å². The van der Waals surface area contributed by atoms with Crippen LogP contribution < -0.4 is 20.1 Å². The normalized spacial score (nSPS) is 13.5. The molecule has 6 N–H and O–H groups in total. The van der Waals surface area contributed by atoms with Crippen molar-refractivity contribution < 1.29 is 36.6 Å². The smallest absolute Gasteiger partial charge is 0.240 e. The standard InChI is InChI=1S/C23H32N4O8S2/c1-16(28)14-24-36(32,33)20-10-6-18(7-11-20)26-22(30)4-3-5-23(31)27-19-8-12-21(13-9-19)37(34,35)25-15-17(2)29/h6-13,16-17,24-25,28-29H,3-5,14-15H2,1-2H3,(H,26,30)(H,27,31)/t16-,17-/m1/s1. The summed E-state index contributed by atoms with van der Waals surface area (Å²) in [5.74, 6) is -0.704. The minimum atomic E-state index is -3.78. The summed E-state index contributed by atoms with van der Waals surface area (Å²) in [5, 5.41) is 23.7. The molecular weight excluding hydrogens is 524 g/mol. The molecule has 0 aliphatic heterocycles. The minimum Gasteiger partial charge on any atom is -0.392 e. The van der Waals surface area contributed by atoms with E-state index in [-0.39, 0.29) is 54.0 Å². The van der Waals surface area contributed by atoms with Crippen molar-refractivity contribution in [3.63, 3.8) is 0 Å². The maximum atomic E-state index is 12.2. The topological polar surface area (TPSA) is 191 Å². The SMILES string of the molecule is C[C@@H](O)CNS(=O)(=O)c1ccc(NC(=O)CCCC(=O)Nc2ccc(S(=O)(=O)NC[C@@H](C)O)cc2)cc1. The highest BCUT2D eigenvalue weighted by Gasteiger charge is 2.16. The molecule has 0 spiro atoms. The third kappa shape index (κ3) is 10.6. The molecule has 37 heavy (non-hydrogen) atoms. The van der Waals surface area contributed by atoms with Crippen LogP contribution in [0.1, 0.15) is 33.1 Å². The fourth-order valence-corrected chi connectivity index (χ4v) is 5.16. The molecule has 12 nitrogen and oxygen atoms in total. The zero-order valence-electron chi connectivity index (χ0n) is 20.5. The van der Waals surface area contributed by atoms with Crippen molar-refractivity contribution >= 4 is 43.2 Å². The molecule has 14 heteroatoms. The summed E-state index contributed by atoms with van der Waals surface area (Å²) in [6.07, 6.45) is -1.30. The fraction of sp³-hybridized carbons (Fsp3) is 0.391. The monoisotopic (exact) mass is 556 g/mol. The van der Waals surface area contributed by atoms with Crippen molar-refractivity contribution in [2.45, 2.75) is 55.1 Å². The molecule has 2 amide bonds. The lowest BCUT2D eigenvalue weighted by molar-refractivity contribution is -0.117. The van der Waals surface area contributed by atoms with Crippen LogP contribution in [0.5, 0.6) is 0 Å². The number of aliphatic hydroxyl groups is 2. The van der Waals surface area contributed by atoms with E-state index in [1.807, 2.05) is 0 Å². The van der Waals surface area contributed by atoms with Gasteiger partial charge in [-0.1, -0.05) is 0 Å². The molecule has 0 aliphatic carbocycles. The highest BCUT2D eigenvalue weighted by Crippen LogP contribution is 2.16. The number of hydrogen-bond donors (Lipinski definition) is 6. The molecule has 0 saturated heterocycles. The average molecular weight is 557 g/mol. The van der Waals surface area contributed by atoms with Gasteiger partial charge < -0.3 is 20.8 Å². The van der Waals surface area contributed by atoms with E-state index in [4.69, 9.17) is 0 Å². The van der Waals surface area contributed by atoms with Crippen molar-refractivity contribution in [2.75, 3.05) is 23.7 Å². The Morgan fingerprint density at radius 3 is 1.30 bits per heavy atom. The first-order valence-electron chi connectivity index (χ1n) is 11.4. The summed E-state index contributed by atoms with van der Waals surface area (Å²) in [5.41, 5.74) is 0.781. The second kappa shape index (κ2) is 13.6. The highest BCUT2D eigenvalue weighted by molar-refractivity contribution is 7.89. The van der Waals surface area contributed by atoms with E-state index in [2.05, 4.69) is 20.1 Å². The van der Waals surface area contributed by atoms with Gasteiger partial charge in [-0.3, -0.25) is 9.59 Å². The summed E-state index contributed by atoms with van der Waals surface area (Å²) < 4.78 is 53.1. The number of aliphatic hydroxyl groups excluding tert-OH is 2. The Labute approximate surface area is 216 Å². The molecule has 0 aliphatic rings. The quantitative estimate of drug-likeness (QED) is 0.196. The number of carbonyl (C=O) groups is 2. The van der Waals surface area contributed by atoms with E-state index >= 15 is 0 Å². The lowest BCUT2D eigenvalue weighted by atomic mass is 10.2. The van der Waals surface area contributed by atoms with Crippen LogP contribution in [0.25, 0.3) is 0 Å². The van der Waals surface area contributed by atoms with Crippen molar-refractivity contribution in [3.8, 4) is 0 Å². The van der Waals surface area contributed by atoms with Crippen LogP contribution in [0, 0.1) is 0 Å². The van der Waals surface area contributed by atoms with Crippen molar-refractivity contribution in [1.82, 2.24) is 9.44 Å². The molecule has 2 rings (SSSR count). The van der Waals surface area contributed by atoms with E-state index in [1.165, 1.54) is 62.4 Å². The molecule has 2 aromatic rings. The average Bonchev–Trinajstić information content (AvgIpc) is 2.82. The molecule has 2 aromatic carbocycles. The molecule has 0 unspecified atom stereocenters. The van der Waals surface area contributed by atoms with E-state index in [0.29, 0.717) is 11.4 Å². The summed E-state index contributed by atoms with van der Waals surface area (Å²) in [6.45, 7) is 2.67. The van der Waals surface area contributed by atoms with Gasteiger partial charge in [-0.25, -0.2) is 26.3 Å². The fourth-order valence-electron chi connectivity index (χ4n) is 2.92. The molecule has 204 valence electrons. The van der Waals surface area contributed by atoms with Gasteiger partial charge in [0.1, 0.15) is 0 Å². The van der Waals surface area contributed by atoms with Crippen LogP contribution in [-0.4, -0.2) is 64.2 Å². The Balaban J connectivity index is 1.78. The van der Waals surface area contributed by atoms with Crippen LogP contribution in [0.15, 0.2) is 58.3 Å². The molecule has 0 bridgehead atoms. The maximum Gasteiger partial charge on any atom is 0.240 e. The summed E-state index contributed by atoms with van der Waals surface area (Å²) >= 11 is 0. The zero-order valence-corrected chi connectivity index (χ0v) is 22.1. The number of amides is 2. The highest BCUT2D eigenvalue weighted by atomic mass is 32.2. The van der Waals surface area contributed by atoms with Gasteiger partial charge in [-0.2, -0.15) is 0 Å². The number of anilines is 2. The predicted molar refractivity (Wildman–Crippen MR) is 138 cm³/mol. The van der Waals surface area contributed by atoms with Gasteiger partial charge in [0.05, 0.1) is 22.0 Å². The molecule has 0 aromatic heterocycles. The van der Waals surface area contributed by atoms with E-state index in [1.54, 1.807) is 0 Å². The molecule has 0 heterocycles. The largest absolute Gasteiger partial charge is 0.392 e. The Morgan fingerprint density at radius 2 is 1.00 bits per heavy atom. The van der Waals surface area contributed by atoms with Gasteiger partial charge in [-0.15, -0.1) is 0 Å². The molecule has 2 atom stereocenters. The van der Waals surface area contributed by atoms with Crippen LogP contribution in [0.2, 0.25) is 0 Å². The van der Waals surface area contributed by atoms with Gasteiger partial charge in [0.25, 0.3) is 0 Å². The molecule has 0 saturated carbocycles. The van der Waals surface area contributed by atoms with Crippen LogP contribution >= 0.6 is 0 Å². The Kier molecular flexibility index (Phi) is 11.2. The van der Waals surface area contributed by atoms with Crippen LogP contribution in [0.3, 0.4) is 0 Å². The van der Waals surface area contributed by atoms with Crippen LogP contribution in [-0.2, 0) is 29.6 Å². The van der Waals surface area contributed by atoms with Crippen molar-refractivity contribution in [3.05, 3.63) is 48.5 Å². The van der Waals surface area contributed by atoms with E-state index in [0.717, 1.165) is 0 Å². The lowest BCUT2D eigenvalue weighted by Crippen LogP contribution is -2.30. The van der Waals surface area contributed by atoms with E-state index < -0.39 is 32.3 Å². The van der Waals surface area contributed by atoms with Gasteiger partial charge >= 0.3 is 0 Å². The Morgan fingerprint density at radius 1 is 0.676 bits per heavy atom. The van der Waals surface area contributed by atoms with Crippen LogP contribution in [0.4, 0.5) is 11.4 Å². The van der Waals surface area contributed by atoms with Gasteiger partial charge in [-0.05, 0) is 68.8 Å². The summed E-state index contributed by atoms with van der Waals surface area (Å²) in [4.78, 5) is 24.3. The predicted octanol–water partition coefficient (Wildman–Crippen LogP) is 0.752. The van der Waals surface area contributed by atoms with Crippen molar-refractivity contribution in [1.29, 1.82) is 0 Å². The Hall–Kier alpha value is -2.88. The third-order valence-electron chi connectivity index (χ3n) is 4.84. The number of carbonyl (C=O) groups excluding carboxylic acids is 2. The molecule has 0 fully saturated rings. The Bertz CT molecular complexity index is 1160. The maximum absolute atomic E-state index is 12.2. The first-order chi connectivity index (χ1) is 17.3. The number of hydrogen-bond acceptors (Lipinski definition) is 8. The van der Waals surface area contributed by atoms with Gasteiger partial charge in [0.15, 0.2) is 0 Å². The van der Waals surface area contributed by atoms with Gasteiger partial charge in [0, 0.05) is 37.3 Å². The molecular formula is C23H32N4O8S2. The minimum absolute atomic E-state index is 0.00975. The second-order valence-corrected chi connectivity index (χ2v) is 11.9. The number of rotatable bonds is 14. The summed E-state index contributed by atoms with van der Waals surface area (Å²) in [6, 6.07) is 11.0. The third-order valence-corrected chi connectivity index (χ3v) is 7.72. The number of nitrogens with one attached hydrogen (secondary N) is 4. The summed E-state index contributed by atoms with van der Waals surface area (Å²) in [7, 11) is -7.55. The van der Waals surface area contributed by atoms with Gasteiger partial charge in [0.2, 0.25) is 31.9 Å². The zero-order chi connectivity index (χ0) is 27.6. The lowest BCUT2D eigenvalue weighted by Gasteiger charge is -2.10. The number of benzene rings is 2. The second-order valence-electron chi connectivity index (χ2n) is 8.40. The first kappa shape index (κ1) is 30.3. The number of sulfonamides is 2.